The third-order valence-corrected chi connectivity index (χ3v) is 6.77. The lowest BCUT2D eigenvalue weighted by Crippen LogP contribution is -2.55. The molecule has 184 valence electrons. The Balaban J connectivity index is 1.16. The number of hydrogen-bond acceptors (Lipinski definition) is 7. The number of anilines is 1. The Morgan fingerprint density at radius 1 is 1.00 bits per heavy atom. The van der Waals surface area contributed by atoms with Crippen molar-refractivity contribution in [2.24, 2.45) is 0 Å². The fourth-order valence-corrected chi connectivity index (χ4v) is 4.99. The number of rotatable bonds is 5. The molecule has 2 aromatic carbocycles. The van der Waals surface area contributed by atoms with E-state index in [0.29, 0.717) is 19.7 Å². The number of carbonyl (C=O) groups is 1. The molecule has 2 aliphatic heterocycles. The van der Waals surface area contributed by atoms with Gasteiger partial charge in [-0.3, -0.25) is 14.9 Å². The van der Waals surface area contributed by atoms with Crippen molar-refractivity contribution in [3.63, 3.8) is 0 Å². The zero-order chi connectivity index (χ0) is 24.2. The maximum Gasteiger partial charge on any atom is 0.410 e. The number of carbonyl (C=O) groups excluding carboxylic acids is 1. The first-order chi connectivity index (χ1) is 17.1. The molecule has 3 aromatic rings. The van der Waals surface area contributed by atoms with Gasteiger partial charge in [-0.15, -0.1) is 0 Å². The molecular formula is C27H33N5O3. The van der Waals surface area contributed by atoms with Crippen molar-refractivity contribution >= 4 is 22.8 Å². The highest BCUT2D eigenvalue weighted by atomic mass is 16.6. The Kier molecular flexibility index (Phi) is 7.11. The number of benzene rings is 2. The van der Waals surface area contributed by atoms with Crippen LogP contribution in [0.5, 0.6) is 0 Å². The average molecular weight is 476 g/mol. The van der Waals surface area contributed by atoms with Crippen molar-refractivity contribution in [3.05, 3.63) is 66.0 Å². The van der Waals surface area contributed by atoms with E-state index in [9.17, 15) is 4.79 Å². The van der Waals surface area contributed by atoms with Crippen LogP contribution in [0.3, 0.4) is 0 Å². The zero-order valence-corrected chi connectivity index (χ0v) is 20.5. The van der Waals surface area contributed by atoms with E-state index in [-0.39, 0.29) is 18.3 Å². The fraction of sp³-hybridized carbons (Fsp3) is 0.444. The lowest BCUT2D eigenvalue weighted by Gasteiger charge is -2.41. The van der Waals surface area contributed by atoms with Crippen LogP contribution in [-0.4, -0.2) is 83.9 Å². The molecule has 35 heavy (non-hydrogen) atoms. The maximum absolute atomic E-state index is 12.5. The van der Waals surface area contributed by atoms with Crippen molar-refractivity contribution in [2.75, 3.05) is 50.7 Å². The molecule has 0 unspecified atom stereocenters. The van der Waals surface area contributed by atoms with Gasteiger partial charge in [-0.1, -0.05) is 36.4 Å². The number of piperazine rings is 1. The van der Waals surface area contributed by atoms with Crippen molar-refractivity contribution in [2.45, 2.75) is 32.7 Å². The molecule has 0 bridgehead atoms. The summed E-state index contributed by atoms with van der Waals surface area (Å²) in [5.41, 5.74) is 5.15. The highest BCUT2D eigenvalue weighted by molar-refractivity contribution is 5.90. The number of hydrogen-bond donors (Lipinski definition) is 0. The second-order valence-electron chi connectivity index (χ2n) is 9.46. The minimum atomic E-state index is -0.241. The van der Waals surface area contributed by atoms with E-state index in [4.69, 9.17) is 9.47 Å². The van der Waals surface area contributed by atoms with Crippen LogP contribution in [0, 0.1) is 6.92 Å². The molecule has 2 fully saturated rings. The smallest absolute Gasteiger partial charge is 0.410 e. The van der Waals surface area contributed by atoms with E-state index < -0.39 is 0 Å². The number of aromatic nitrogens is 2. The van der Waals surface area contributed by atoms with Crippen LogP contribution in [0.2, 0.25) is 0 Å². The van der Waals surface area contributed by atoms with Gasteiger partial charge in [-0.05, 0) is 31.0 Å². The Bertz CT molecular complexity index is 1150. The van der Waals surface area contributed by atoms with Gasteiger partial charge in [0.15, 0.2) is 0 Å². The number of amides is 1. The highest BCUT2D eigenvalue weighted by Gasteiger charge is 2.30. The Morgan fingerprint density at radius 3 is 2.51 bits per heavy atom. The van der Waals surface area contributed by atoms with Gasteiger partial charge in [0.1, 0.15) is 12.1 Å². The van der Waals surface area contributed by atoms with Crippen LogP contribution in [-0.2, 0) is 16.1 Å². The molecule has 2 atom stereocenters. The van der Waals surface area contributed by atoms with Crippen molar-refractivity contribution < 1.29 is 14.3 Å². The van der Waals surface area contributed by atoms with Gasteiger partial charge in [0.25, 0.3) is 0 Å². The van der Waals surface area contributed by atoms with Gasteiger partial charge in [0.05, 0.1) is 23.4 Å². The quantitative estimate of drug-likeness (QED) is 0.559. The molecule has 5 rings (SSSR count). The molecule has 3 heterocycles. The molecule has 1 aromatic heterocycles. The lowest BCUT2D eigenvalue weighted by atomic mass is 10.1. The second kappa shape index (κ2) is 10.6. The summed E-state index contributed by atoms with van der Waals surface area (Å²) in [4.78, 5) is 28.2. The van der Waals surface area contributed by atoms with Crippen molar-refractivity contribution in [1.29, 1.82) is 0 Å². The first kappa shape index (κ1) is 23.5. The monoisotopic (exact) mass is 475 g/mol. The molecule has 0 N–H and O–H groups in total. The molecule has 2 saturated heterocycles. The van der Waals surface area contributed by atoms with E-state index in [2.05, 4.69) is 45.7 Å². The summed E-state index contributed by atoms with van der Waals surface area (Å²) < 4.78 is 11.8. The van der Waals surface area contributed by atoms with Gasteiger partial charge in [-0.2, -0.15) is 0 Å². The third kappa shape index (κ3) is 5.55. The summed E-state index contributed by atoms with van der Waals surface area (Å²) in [6, 6.07) is 14.1. The molecule has 1 amide bonds. The summed E-state index contributed by atoms with van der Waals surface area (Å²) in [7, 11) is 0. The SMILES string of the molecule is Cc1ccc(N2C[C@H](CN3CCN(C(=O)OCc4ccccc4)CC3)O[C@H](C)C2)c2nccnc12. The molecule has 8 heteroatoms. The van der Waals surface area contributed by atoms with Gasteiger partial charge in [-0.25, -0.2) is 4.79 Å². The Hall–Kier alpha value is -3.23. The normalized spacial score (nSPS) is 21.3. The van der Waals surface area contributed by atoms with Gasteiger partial charge in [0.2, 0.25) is 0 Å². The van der Waals surface area contributed by atoms with Crippen LogP contribution in [0.25, 0.3) is 11.0 Å². The maximum atomic E-state index is 12.5. The fourth-order valence-electron chi connectivity index (χ4n) is 4.99. The second-order valence-corrected chi connectivity index (χ2v) is 9.46. The van der Waals surface area contributed by atoms with Crippen LogP contribution >= 0.6 is 0 Å². The van der Waals surface area contributed by atoms with E-state index in [1.807, 2.05) is 30.3 Å². The largest absolute Gasteiger partial charge is 0.445 e. The number of fused-ring (bicyclic) bond motifs is 1. The van der Waals surface area contributed by atoms with E-state index in [1.165, 1.54) is 0 Å². The predicted molar refractivity (Wildman–Crippen MR) is 135 cm³/mol. The van der Waals surface area contributed by atoms with Crippen LogP contribution < -0.4 is 4.90 Å². The van der Waals surface area contributed by atoms with Crippen LogP contribution in [0.1, 0.15) is 18.1 Å². The summed E-state index contributed by atoms with van der Waals surface area (Å²) >= 11 is 0. The molecule has 0 aliphatic carbocycles. The molecule has 0 spiro atoms. The van der Waals surface area contributed by atoms with Gasteiger partial charge >= 0.3 is 6.09 Å². The first-order valence-corrected chi connectivity index (χ1v) is 12.4. The van der Waals surface area contributed by atoms with E-state index >= 15 is 0 Å². The topological polar surface area (TPSA) is 71.0 Å². The molecule has 2 aliphatic rings. The minimum Gasteiger partial charge on any atom is -0.445 e. The van der Waals surface area contributed by atoms with Gasteiger partial charge in [0, 0.05) is 58.2 Å². The molecule has 0 saturated carbocycles. The van der Waals surface area contributed by atoms with Crippen molar-refractivity contribution in [1.82, 2.24) is 19.8 Å². The van der Waals surface area contributed by atoms with Crippen LogP contribution in [0.15, 0.2) is 54.9 Å². The molecule has 0 radical (unpaired) electrons. The zero-order valence-electron chi connectivity index (χ0n) is 20.5. The van der Waals surface area contributed by atoms with E-state index in [1.54, 1.807) is 17.3 Å². The number of nitrogens with zero attached hydrogens (tertiary/aromatic N) is 5. The molecule has 8 nitrogen and oxygen atoms in total. The summed E-state index contributed by atoms with van der Waals surface area (Å²) in [5.74, 6) is 0. The lowest BCUT2D eigenvalue weighted by molar-refractivity contribution is -0.0375. The minimum absolute atomic E-state index is 0.0864. The standard InChI is InChI=1S/C27H33N5O3/c1-20-8-9-24(26-25(20)28-10-11-29-26)32-16-21(2)35-23(18-32)17-30-12-14-31(15-13-30)27(33)34-19-22-6-4-3-5-7-22/h3-11,21,23H,12-19H2,1-2H3/t21-,23+/m1/s1. The predicted octanol–water partition coefficient (Wildman–Crippen LogP) is 3.49. The summed E-state index contributed by atoms with van der Waals surface area (Å²) in [6.07, 6.45) is 3.48. The number of morpholine rings is 1. The summed E-state index contributed by atoms with van der Waals surface area (Å²) in [5, 5.41) is 0. The average Bonchev–Trinajstić information content (AvgIpc) is 2.88. The highest BCUT2D eigenvalue weighted by Crippen LogP contribution is 2.29. The van der Waals surface area contributed by atoms with Crippen molar-refractivity contribution in [3.8, 4) is 0 Å². The summed E-state index contributed by atoms with van der Waals surface area (Å²) in [6.45, 7) is 9.93. The number of aryl methyl sites for hydroxylation is 1. The van der Waals surface area contributed by atoms with Gasteiger partial charge < -0.3 is 19.3 Å². The first-order valence-electron chi connectivity index (χ1n) is 12.4. The number of ether oxygens (including phenoxy) is 2. The Morgan fingerprint density at radius 2 is 1.74 bits per heavy atom. The van der Waals surface area contributed by atoms with E-state index in [0.717, 1.165) is 60.6 Å². The third-order valence-electron chi connectivity index (χ3n) is 6.77. The van der Waals surface area contributed by atoms with Crippen LogP contribution in [0.4, 0.5) is 10.5 Å². The Labute approximate surface area is 206 Å². The molecular weight excluding hydrogens is 442 g/mol.